The molecule has 0 bridgehead atoms. The van der Waals surface area contributed by atoms with E-state index >= 15 is 0 Å². The van der Waals surface area contributed by atoms with Gasteiger partial charge in [0.05, 0.1) is 6.21 Å². The Kier molecular flexibility index (Phi) is 4.50. The fourth-order valence-electron chi connectivity index (χ4n) is 1.09. The smallest absolute Gasteiger partial charge is 0.331 e. The summed E-state index contributed by atoms with van der Waals surface area (Å²) in [4.78, 5) is 14.9. The highest BCUT2D eigenvalue weighted by molar-refractivity contribution is 5.69. The van der Waals surface area contributed by atoms with Crippen molar-refractivity contribution in [3.63, 3.8) is 0 Å². The fraction of sp³-hybridized carbons (Fsp3) is 0.273. The van der Waals surface area contributed by atoms with Crippen molar-refractivity contribution in [3.8, 4) is 0 Å². The Bertz CT molecular complexity index is 335. The van der Waals surface area contributed by atoms with Crippen LogP contribution in [0.25, 0.3) is 0 Å². The lowest BCUT2D eigenvalue weighted by Gasteiger charge is -2.09. The van der Waals surface area contributed by atoms with Crippen LogP contribution in [0.4, 0.5) is 0 Å². The molecule has 0 aliphatic heterocycles. The van der Waals surface area contributed by atoms with Crippen molar-refractivity contribution < 1.29 is 14.4 Å². The SMILES string of the molecule is COC(/C=N/OC(C)=O)c1ccccc1. The summed E-state index contributed by atoms with van der Waals surface area (Å²) in [5.41, 5.74) is 0.955. The van der Waals surface area contributed by atoms with Gasteiger partial charge >= 0.3 is 5.97 Å². The van der Waals surface area contributed by atoms with Crippen LogP contribution in [0.2, 0.25) is 0 Å². The molecule has 1 rings (SSSR count). The first-order chi connectivity index (χ1) is 7.24. The lowest BCUT2D eigenvalue weighted by atomic mass is 10.1. The molecule has 0 saturated heterocycles. The third-order valence-electron chi connectivity index (χ3n) is 1.76. The van der Waals surface area contributed by atoms with Gasteiger partial charge in [0.25, 0.3) is 0 Å². The molecule has 1 aromatic rings. The summed E-state index contributed by atoms with van der Waals surface area (Å²) >= 11 is 0. The molecule has 0 aliphatic rings. The first kappa shape index (κ1) is 11.4. The van der Waals surface area contributed by atoms with Crippen molar-refractivity contribution in [1.29, 1.82) is 0 Å². The summed E-state index contributed by atoms with van der Waals surface area (Å²) in [5.74, 6) is -0.450. The van der Waals surface area contributed by atoms with Crippen LogP contribution in [-0.2, 0) is 14.4 Å². The van der Waals surface area contributed by atoms with Gasteiger partial charge in [-0.05, 0) is 5.56 Å². The Morgan fingerprint density at radius 2 is 2.07 bits per heavy atom. The molecular weight excluding hydrogens is 194 g/mol. The van der Waals surface area contributed by atoms with E-state index in [1.165, 1.54) is 13.1 Å². The maximum absolute atomic E-state index is 10.5. The van der Waals surface area contributed by atoms with Gasteiger partial charge in [0.1, 0.15) is 6.10 Å². The summed E-state index contributed by atoms with van der Waals surface area (Å²) in [7, 11) is 1.57. The molecular formula is C11H13NO3. The normalized spacial score (nSPS) is 12.7. The number of benzene rings is 1. The van der Waals surface area contributed by atoms with Crippen molar-refractivity contribution in [2.75, 3.05) is 7.11 Å². The average molecular weight is 207 g/mol. The molecule has 1 aromatic carbocycles. The Hall–Kier alpha value is -1.68. The molecule has 0 fully saturated rings. The van der Waals surface area contributed by atoms with Gasteiger partial charge in [-0.2, -0.15) is 0 Å². The summed E-state index contributed by atoms with van der Waals surface area (Å²) in [6.07, 6.45) is 1.14. The van der Waals surface area contributed by atoms with Crippen molar-refractivity contribution in [2.45, 2.75) is 13.0 Å². The monoisotopic (exact) mass is 207 g/mol. The van der Waals surface area contributed by atoms with Gasteiger partial charge in [-0.15, -0.1) is 0 Å². The van der Waals surface area contributed by atoms with Crippen LogP contribution in [0, 0.1) is 0 Å². The summed E-state index contributed by atoms with van der Waals surface area (Å²) in [5, 5.41) is 3.52. The number of carbonyl (C=O) groups is 1. The highest BCUT2D eigenvalue weighted by Crippen LogP contribution is 2.13. The molecule has 0 radical (unpaired) electrons. The minimum atomic E-state index is -0.450. The van der Waals surface area contributed by atoms with Crippen LogP contribution >= 0.6 is 0 Å². The predicted molar refractivity (Wildman–Crippen MR) is 56.5 cm³/mol. The number of nitrogens with zero attached hydrogens (tertiary/aromatic N) is 1. The van der Waals surface area contributed by atoms with Crippen molar-refractivity contribution in [1.82, 2.24) is 0 Å². The van der Waals surface area contributed by atoms with E-state index in [9.17, 15) is 4.79 Å². The first-order valence-corrected chi connectivity index (χ1v) is 4.53. The fourth-order valence-corrected chi connectivity index (χ4v) is 1.09. The van der Waals surface area contributed by atoms with Gasteiger partial charge in [0, 0.05) is 14.0 Å². The predicted octanol–water partition coefficient (Wildman–Crippen LogP) is 1.92. The van der Waals surface area contributed by atoms with Crippen molar-refractivity contribution >= 4 is 12.2 Å². The Labute approximate surface area is 88.5 Å². The second-order valence-corrected chi connectivity index (χ2v) is 2.90. The topological polar surface area (TPSA) is 47.9 Å². The minimum Gasteiger partial charge on any atom is -0.371 e. The van der Waals surface area contributed by atoms with Gasteiger partial charge in [0.15, 0.2) is 0 Å². The van der Waals surface area contributed by atoms with Gasteiger partial charge < -0.3 is 9.57 Å². The number of hydrogen-bond donors (Lipinski definition) is 0. The van der Waals surface area contributed by atoms with Gasteiger partial charge in [-0.3, -0.25) is 0 Å². The molecule has 4 heteroatoms. The summed E-state index contributed by atoms with van der Waals surface area (Å²) in [6.45, 7) is 1.29. The zero-order valence-electron chi connectivity index (χ0n) is 8.71. The van der Waals surface area contributed by atoms with Crippen molar-refractivity contribution in [3.05, 3.63) is 35.9 Å². The molecule has 0 N–H and O–H groups in total. The van der Waals surface area contributed by atoms with E-state index in [1.807, 2.05) is 30.3 Å². The third kappa shape index (κ3) is 3.91. The minimum absolute atomic E-state index is 0.300. The molecule has 15 heavy (non-hydrogen) atoms. The number of oxime groups is 1. The van der Waals surface area contributed by atoms with E-state index in [-0.39, 0.29) is 6.10 Å². The zero-order chi connectivity index (χ0) is 11.1. The highest BCUT2D eigenvalue weighted by atomic mass is 16.7. The molecule has 0 saturated carbocycles. The molecule has 0 aliphatic carbocycles. The van der Waals surface area contributed by atoms with Gasteiger partial charge in [0.2, 0.25) is 0 Å². The van der Waals surface area contributed by atoms with Crippen LogP contribution in [0.1, 0.15) is 18.6 Å². The molecule has 4 nitrogen and oxygen atoms in total. The molecule has 1 atom stereocenters. The molecule has 1 unspecified atom stereocenters. The second kappa shape index (κ2) is 5.93. The summed E-state index contributed by atoms with van der Waals surface area (Å²) in [6, 6.07) is 9.55. The van der Waals surface area contributed by atoms with Gasteiger partial charge in [-0.1, -0.05) is 35.5 Å². The molecule has 0 aromatic heterocycles. The Morgan fingerprint density at radius 1 is 1.40 bits per heavy atom. The number of rotatable bonds is 4. The van der Waals surface area contributed by atoms with E-state index in [0.29, 0.717) is 0 Å². The average Bonchev–Trinajstić information content (AvgIpc) is 2.25. The van der Waals surface area contributed by atoms with E-state index in [4.69, 9.17) is 4.74 Å². The van der Waals surface area contributed by atoms with E-state index in [2.05, 4.69) is 9.99 Å². The Balaban J connectivity index is 2.64. The van der Waals surface area contributed by atoms with Crippen LogP contribution in [0.3, 0.4) is 0 Å². The third-order valence-corrected chi connectivity index (χ3v) is 1.76. The second-order valence-electron chi connectivity index (χ2n) is 2.90. The lowest BCUT2D eigenvalue weighted by molar-refractivity contribution is -0.140. The maximum Gasteiger partial charge on any atom is 0.331 e. The number of hydrogen-bond acceptors (Lipinski definition) is 4. The Morgan fingerprint density at radius 3 is 2.60 bits per heavy atom. The molecule has 0 heterocycles. The molecule has 0 amide bonds. The number of ether oxygens (including phenoxy) is 1. The maximum atomic E-state index is 10.5. The van der Waals surface area contributed by atoms with E-state index in [1.54, 1.807) is 7.11 Å². The highest BCUT2D eigenvalue weighted by Gasteiger charge is 2.06. The van der Waals surface area contributed by atoms with Crippen LogP contribution in [0.15, 0.2) is 35.5 Å². The largest absolute Gasteiger partial charge is 0.371 e. The quantitative estimate of drug-likeness (QED) is 0.430. The van der Waals surface area contributed by atoms with Crippen LogP contribution in [0.5, 0.6) is 0 Å². The van der Waals surface area contributed by atoms with Crippen LogP contribution in [-0.4, -0.2) is 19.3 Å². The number of methoxy groups -OCH3 is 1. The number of carbonyl (C=O) groups excluding carboxylic acids is 1. The van der Waals surface area contributed by atoms with Gasteiger partial charge in [-0.25, -0.2) is 4.79 Å². The van der Waals surface area contributed by atoms with Crippen molar-refractivity contribution in [2.24, 2.45) is 5.16 Å². The van der Waals surface area contributed by atoms with Crippen LogP contribution < -0.4 is 0 Å². The lowest BCUT2D eigenvalue weighted by Crippen LogP contribution is -2.03. The molecule has 80 valence electrons. The van der Waals surface area contributed by atoms with E-state index in [0.717, 1.165) is 5.56 Å². The standard InChI is InChI=1S/C11H13NO3/c1-9(13)15-12-8-11(14-2)10-6-4-3-5-7-10/h3-8,11H,1-2H3/b12-8+. The first-order valence-electron chi connectivity index (χ1n) is 4.53. The molecule has 0 spiro atoms. The zero-order valence-corrected chi connectivity index (χ0v) is 8.71. The van der Waals surface area contributed by atoms with E-state index < -0.39 is 5.97 Å². The summed E-state index contributed by atoms with van der Waals surface area (Å²) < 4.78 is 5.18.